The van der Waals surface area contributed by atoms with Crippen molar-refractivity contribution in [3.63, 3.8) is 0 Å². The van der Waals surface area contributed by atoms with Crippen LogP contribution in [-0.2, 0) is 10.0 Å². The Kier molecular flexibility index (Phi) is 8.37. The number of hydrogen-bond donors (Lipinski definition) is 1. The summed E-state index contributed by atoms with van der Waals surface area (Å²) in [6.07, 6.45) is 3.52. The number of methoxy groups -OCH3 is 5. The zero-order chi connectivity index (χ0) is 25.6. The van der Waals surface area contributed by atoms with Gasteiger partial charge in [0.1, 0.15) is 5.69 Å². The summed E-state index contributed by atoms with van der Waals surface area (Å²) < 4.78 is 55.9. The molecule has 0 amide bonds. The first-order valence-corrected chi connectivity index (χ1v) is 12.2. The standard InChI is InChI=1S/C25H26ClNO7S/c1-30-20-13-8-17(7-6-16-14-21(31-2)24(33-4)22(15-16)32-3)23(25(20)34-5)27-35(28,29)19-11-9-18(26)10-12-19/h6-15,27H,1-5H3. The van der Waals surface area contributed by atoms with Crippen molar-refractivity contribution in [2.45, 2.75) is 4.90 Å². The fraction of sp³-hybridized carbons (Fsp3) is 0.200. The van der Waals surface area contributed by atoms with Gasteiger partial charge in [-0.05, 0) is 54.1 Å². The lowest BCUT2D eigenvalue weighted by molar-refractivity contribution is 0.324. The first-order chi connectivity index (χ1) is 16.8. The molecule has 0 bridgehead atoms. The first-order valence-electron chi connectivity index (χ1n) is 10.3. The van der Waals surface area contributed by atoms with Crippen LogP contribution in [-0.4, -0.2) is 44.0 Å². The Hall–Kier alpha value is -3.56. The molecule has 0 heterocycles. The number of rotatable bonds is 10. The molecule has 0 saturated carbocycles. The molecule has 3 rings (SSSR count). The largest absolute Gasteiger partial charge is 0.493 e. The number of nitrogens with one attached hydrogen (secondary N) is 1. The summed E-state index contributed by atoms with van der Waals surface area (Å²) in [5, 5.41) is 0.428. The van der Waals surface area contributed by atoms with E-state index in [1.54, 1.807) is 36.4 Å². The van der Waals surface area contributed by atoms with Gasteiger partial charge in [0.2, 0.25) is 5.75 Å². The third-order valence-electron chi connectivity index (χ3n) is 5.08. The summed E-state index contributed by atoms with van der Waals surface area (Å²) >= 11 is 5.91. The van der Waals surface area contributed by atoms with Gasteiger partial charge in [-0.25, -0.2) is 8.42 Å². The average molecular weight is 520 g/mol. The van der Waals surface area contributed by atoms with Crippen LogP contribution in [0.5, 0.6) is 28.7 Å². The Morgan fingerprint density at radius 2 is 1.29 bits per heavy atom. The van der Waals surface area contributed by atoms with Gasteiger partial charge in [0.05, 0.1) is 40.4 Å². The SMILES string of the molecule is COc1cc(C=Cc2ccc(OC)c(OC)c2NS(=O)(=O)c2ccc(Cl)cc2)cc(OC)c1OC. The van der Waals surface area contributed by atoms with Gasteiger partial charge < -0.3 is 23.7 Å². The fourth-order valence-electron chi connectivity index (χ4n) is 3.38. The van der Waals surface area contributed by atoms with E-state index >= 15 is 0 Å². The van der Waals surface area contributed by atoms with Gasteiger partial charge in [-0.15, -0.1) is 0 Å². The molecule has 0 fully saturated rings. The van der Waals surface area contributed by atoms with E-state index in [-0.39, 0.29) is 16.3 Å². The molecule has 186 valence electrons. The molecular formula is C25H26ClNO7S. The van der Waals surface area contributed by atoms with E-state index in [9.17, 15) is 8.42 Å². The van der Waals surface area contributed by atoms with E-state index in [1.165, 1.54) is 59.8 Å². The van der Waals surface area contributed by atoms with Crippen molar-refractivity contribution in [2.75, 3.05) is 40.3 Å². The fourth-order valence-corrected chi connectivity index (χ4v) is 4.59. The number of ether oxygens (including phenoxy) is 5. The zero-order valence-corrected chi connectivity index (χ0v) is 21.5. The first kappa shape index (κ1) is 26.1. The van der Waals surface area contributed by atoms with Crippen molar-refractivity contribution in [1.29, 1.82) is 0 Å². The van der Waals surface area contributed by atoms with Crippen LogP contribution in [0.1, 0.15) is 11.1 Å². The minimum absolute atomic E-state index is 0.0475. The third kappa shape index (κ3) is 5.75. The highest BCUT2D eigenvalue weighted by atomic mass is 35.5. The Balaban J connectivity index is 2.10. The van der Waals surface area contributed by atoms with Crippen molar-refractivity contribution < 1.29 is 32.1 Å². The molecule has 1 N–H and O–H groups in total. The summed E-state index contributed by atoms with van der Waals surface area (Å²) in [4.78, 5) is 0.0475. The molecule has 0 aliphatic carbocycles. The Morgan fingerprint density at radius 3 is 1.80 bits per heavy atom. The van der Waals surface area contributed by atoms with Gasteiger partial charge in [-0.3, -0.25) is 4.72 Å². The van der Waals surface area contributed by atoms with Crippen LogP contribution >= 0.6 is 11.6 Å². The third-order valence-corrected chi connectivity index (χ3v) is 6.70. The molecule has 0 radical (unpaired) electrons. The van der Waals surface area contributed by atoms with Crippen LogP contribution < -0.4 is 28.4 Å². The maximum Gasteiger partial charge on any atom is 0.262 e. The summed E-state index contributed by atoms with van der Waals surface area (Å²) in [6, 6.07) is 12.8. The normalized spacial score (nSPS) is 11.3. The van der Waals surface area contributed by atoms with Crippen LogP contribution in [0.4, 0.5) is 5.69 Å². The van der Waals surface area contributed by atoms with Crippen molar-refractivity contribution >= 4 is 39.5 Å². The summed E-state index contributed by atoms with van der Waals surface area (Å²) in [5.74, 6) is 2.04. The van der Waals surface area contributed by atoms with E-state index < -0.39 is 10.0 Å². The van der Waals surface area contributed by atoms with E-state index in [1.807, 2.05) is 0 Å². The molecule has 3 aromatic rings. The highest BCUT2D eigenvalue weighted by Crippen LogP contribution is 2.41. The second-order valence-corrected chi connectivity index (χ2v) is 9.24. The highest BCUT2D eigenvalue weighted by molar-refractivity contribution is 7.92. The van der Waals surface area contributed by atoms with Gasteiger partial charge in [-0.1, -0.05) is 23.8 Å². The lowest BCUT2D eigenvalue weighted by atomic mass is 10.1. The predicted molar refractivity (Wildman–Crippen MR) is 137 cm³/mol. The monoisotopic (exact) mass is 519 g/mol. The molecule has 3 aromatic carbocycles. The Morgan fingerprint density at radius 1 is 0.714 bits per heavy atom. The molecule has 0 spiro atoms. The smallest absolute Gasteiger partial charge is 0.262 e. The predicted octanol–water partition coefficient (Wildman–Crippen LogP) is 5.35. The van der Waals surface area contributed by atoms with Crippen molar-refractivity contribution in [3.8, 4) is 28.7 Å². The minimum Gasteiger partial charge on any atom is -0.493 e. The maximum absolute atomic E-state index is 13.1. The van der Waals surface area contributed by atoms with Gasteiger partial charge in [0, 0.05) is 10.6 Å². The molecule has 0 saturated heterocycles. The summed E-state index contributed by atoms with van der Waals surface area (Å²) in [5.41, 5.74) is 1.49. The topological polar surface area (TPSA) is 92.3 Å². The summed E-state index contributed by atoms with van der Waals surface area (Å²) in [7, 11) is 3.54. The number of benzene rings is 3. The van der Waals surface area contributed by atoms with Crippen molar-refractivity contribution in [2.24, 2.45) is 0 Å². The second kappa shape index (κ2) is 11.2. The quantitative estimate of drug-likeness (QED) is 0.361. The van der Waals surface area contributed by atoms with Crippen molar-refractivity contribution in [3.05, 3.63) is 64.7 Å². The van der Waals surface area contributed by atoms with E-state index in [4.69, 9.17) is 35.3 Å². The number of halogens is 1. The molecule has 0 atom stereocenters. The molecule has 10 heteroatoms. The van der Waals surface area contributed by atoms with Crippen molar-refractivity contribution in [1.82, 2.24) is 0 Å². The highest BCUT2D eigenvalue weighted by Gasteiger charge is 2.21. The zero-order valence-electron chi connectivity index (χ0n) is 19.9. The van der Waals surface area contributed by atoms with Crippen LogP contribution in [0, 0.1) is 0 Å². The molecule has 35 heavy (non-hydrogen) atoms. The van der Waals surface area contributed by atoms with E-state index in [2.05, 4.69) is 4.72 Å². The molecule has 0 aliphatic rings. The maximum atomic E-state index is 13.1. The van der Waals surface area contributed by atoms with Crippen LogP contribution in [0.2, 0.25) is 5.02 Å². The molecule has 8 nitrogen and oxygen atoms in total. The molecule has 0 aliphatic heterocycles. The number of hydrogen-bond acceptors (Lipinski definition) is 7. The number of anilines is 1. The van der Waals surface area contributed by atoms with E-state index in [0.29, 0.717) is 33.6 Å². The minimum atomic E-state index is -3.96. The molecule has 0 unspecified atom stereocenters. The average Bonchev–Trinajstić information content (AvgIpc) is 2.86. The molecular weight excluding hydrogens is 494 g/mol. The van der Waals surface area contributed by atoms with Crippen LogP contribution in [0.25, 0.3) is 12.2 Å². The summed E-state index contributed by atoms with van der Waals surface area (Å²) in [6.45, 7) is 0. The Labute approximate surface area is 210 Å². The van der Waals surface area contributed by atoms with Crippen LogP contribution in [0.15, 0.2) is 53.4 Å². The van der Waals surface area contributed by atoms with Gasteiger partial charge in [-0.2, -0.15) is 0 Å². The van der Waals surface area contributed by atoms with Gasteiger partial charge in [0.25, 0.3) is 10.0 Å². The Bertz CT molecular complexity index is 1300. The van der Waals surface area contributed by atoms with E-state index in [0.717, 1.165) is 5.56 Å². The second-order valence-electron chi connectivity index (χ2n) is 7.12. The number of sulfonamides is 1. The lowest BCUT2D eigenvalue weighted by Crippen LogP contribution is -2.14. The van der Waals surface area contributed by atoms with Crippen LogP contribution in [0.3, 0.4) is 0 Å². The molecule has 0 aromatic heterocycles. The van der Waals surface area contributed by atoms with Gasteiger partial charge >= 0.3 is 0 Å². The lowest BCUT2D eigenvalue weighted by Gasteiger charge is -2.17. The van der Waals surface area contributed by atoms with Gasteiger partial charge in [0.15, 0.2) is 23.0 Å².